The molecule has 1 unspecified atom stereocenters. The molecule has 96 valence electrons. The van der Waals surface area contributed by atoms with E-state index < -0.39 is 0 Å². The highest BCUT2D eigenvalue weighted by molar-refractivity contribution is 7.99. The number of thioether (sulfide) groups is 1. The van der Waals surface area contributed by atoms with E-state index in [1.54, 1.807) is 29.4 Å². The fourth-order valence-electron chi connectivity index (χ4n) is 1.55. The fraction of sp³-hybridized carbons (Fsp3) is 0.417. The van der Waals surface area contributed by atoms with E-state index in [1.807, 2.05) is 6.92 Å². The van der Waals surface area contributed by atoms with Crippen LogP contribution in [0.15, 0.2) is 11.4 Å². The normalized spacial score (nSPS) is 12.8. The first-order chi connectivity index (χ1) is 8.50. The van der Waals surface area contributed by atoms with Crippen molar-refractivity contribution in [2.75, 3.05) is 5.75 Å². The first-order valence-electron chi connectivity index (χ1n) is 5.63. The first-order valence-corrected chi connectivity index (χ1v) is 7.84. The van der Waals surface area contributed by atoms with Gasteiger partial charge in [0.2, 0.25) is 0 Å². The summed E-state index contributed by atoms with van der Waals surface area (Å²) in [6.07, 6.45) is 1.63. The minimum absolute atomic E-state index is 0.218. The second-order valence-electron chi connectivity index (χ2n) is 4.26. The van der Waals surface area contributed by atoms with E-state index in [0.717, 1.165) is 15.6 Å². The zero-order valence-corrected chi connectivity index (χ0v) is 13.0. The molecule has 0 spiro atoms. The Bertz CT molecular complexity index is 592. The predicted octanol–water partition coefficient (Wildman–Crippen LogP) is 3.32. The number of nitrogens with two attached hydrogens (primary N) is 1. The Labute approximate surface area is 120 Å². The second kappa shape index (κ2) is 5.50. The molecule has 2 rings (SSSR count). The summed E-state index contributed by atoms with van der Waals surface area (Å²) in [5, 5.41) is 2.21. The summed E-state index contributed by atoms with van der Waals surface area (Å²) < 4.78 is 0. The summed E-state index contributed by atoms with van der Waals surface area (Å²) in [6.45, 7) is 6.28. The molecule has 2 aromatic heterocycles. The predicted molar refractivity (Wildman–Crippen MR) is 83.6 cm³/mol. The Balaban J connectivity index is 2.31. The maximum atomic E-state index is 5.63. The number of aromatic nitrogens is 2. The van der Waals surface area contributed by atoms with Crippen LogP contribution in [0, 0.1) is 19.8 Å². The molecule has 0 saturated heterocycles. The molecule has 0 radical (unpaired) electrons. The van der Waals surface area contributed by atoms with Crippen LogP contribution in [0.5, 0.6) is 0 Å². The van der Waals surface area contributed by atoms with Gasteiger partial charge in [-0.3, -0.25) is 0 Å². The molecule has 6 heteroatoms. The topological polar surface area (TPSA) is 51.8 Å². The number of hydrogen-bond donors (Lipinski definition) is 1. The average molecular weight is 297 g/mol. The zero-order valence-electron chi connectivity index (χ0n) is 10.6. The Hall–Kier alpha value is -0.720. The van der Waals surface area contributed by atoms with Gasteiger partial charge in [0, 0.05) is 21.9 Å². The summed E-state index contributed by atoms with van der Waals surface area (Å²) >= 11 is 8.41. The van der Waals surface area contributed by atoms with Gasteiger partial charge >= 0.3 is 0 Å². The molecule has 3 nitrogen and oxygen atoms in total. The van der Waals surface area contributed by atoms with Crippen LogP contribution in [0.2, 0.25) is 0 Å². The maximum Gasteiger partial charge on any atom is 0.128 e. The highest BCUT2D eigenvalue weighted by Crippen LogP contribution is 2.34. The molecule has 0 saturated carbocycles. The molecule has 2 aromatic rings. The molecular weight excluding hydrogens is 282 g/mol. The lowest BCUT2D eigenvalue weighted by atomic mass is 10.2. The van der Waals surface area contributed by atoms with Crippen LogP contribution in [-0.4, -0.2) is 20.7 Å². The van der Waals surface area contributed by atoms with Gasteiger partial charge < -0.3 is 5.73 Å². The molecule has 0 aliphatic carbocycles. The zero-order chi connectivity index (χ0) is 13.3. The van der Waals surface area contributed by atoms with Crippen molar-refractivity contribution in [2.24, 2.45) is 11.7 Å². The number of fused-ring (bicyclic) bond motifs is 1. The van der Waals surface area contributed by atoms with E-state index in [0.29, 0.717) is 4.99 Å². The number of rotatable bonds is 4. The first kappa shape index (κ1) is 13.7. The molecular formula is C12H15N3S3. The molecule has 0 bridgehead atoms. The van der Waals surface area contributed by atoms with Gasteiger partial charge in [0.15, 0.2) is 0 Å². The molecule has 0 amide bonds. The molecule has 1 atom stereocenters. The van der Waals surface area contributed by atoms with Crippen molar-refractivity contribution in [1.29, 1.82) is 0 Å². The summed E-state index contributed by atoms with van der Waals surface area (Å²) in [4.78, 5) is 11.6. The van der Waals surface area contributed by atoms with Crippen molar-refractivity contribution >= 4 is 50.5 Å². The maximum absolute atomic E-state index is 5.63. The minimum Gasteiger partial charge on any atom is -0.393 e. The summed E-state index contributed by atoms with van der Waals surface area (Å²) in [5.74, 6) is 1.07. The summed E-state index contributed by atoms with van der Waals surface area (Å²) in [5.41, 5.74) is 6.91. The minimum atomic E-state index is 0.218. The Morgan fingerprint density at radius 2 is 2.22 bits per heavy atom. The molecule has 18 heavy (non-hydrogen) atoms. The lowest BCUT2D eigenvalue weighted by Gasteiger charge is -2.08. The average Bonchev–Trinajstić information content (AvgIpc) is 2.62. The summed E-state index contributed by atoms with van der Waals surface area (Å²) in [7, 11) is 0. The highest BCUT2D eigenvalue weighted by atomic mass is 32.2. The monoisotopic (exact) mass is 297 g/mol. The number of nitrogens with zero attached hydrogens (tertiary/aromatic N) is 2. The number of thiocarbonyl (C=S) groups is 1. The van der Waals surface area contributed by atoms with Crippen molar-refractivity contribution in [2.45, 2.75) is 25.8 Å². The molecule has 0 aliphatic rings. The van der Waals surface area contributed by atoms with Gasteiger partial charge in [-0.15, -0.1) is 23.1 Å². The van der Waals surface area contributed by atoms with E-state index in [2.05, 4.69) is 23.8 Å². The highest BCUT2D eigenvalue weighted by Gasteiger charge is 2.14. The quantitative estimate of drug-likeness (QED) is 0.533. The van der Waals surface area contributed by atoms with Crippen molar-refractivity contribution in [3.63, 3.8) is 0 Å². The van der Waals surface area contributed by atoms with E-state index in [9.17, 15) is 0 Å². The summed E-state index contributed by atoms with van der Waals surface area (Å²) in [6, 6.07) is 0. The lowest BCUT2D eigenvalue weighted by Crippen LogP contribution is -2.20. The van der Waals surface area contributed by atoms with Gasteiger partial charge in [-0.05, 0) is 19.4 Å². The van der Waals surface area contributed by atoms with Gasteiger partial charge in [0.1, 0.15) is 16.2 Å². The van der Waals surface area contributed by atoms with Gasteiger partial charge in [-0.25, -0.2) is 9.97 Å². The van der Waals surface area contributed by atoms with Gasteiger partial charge in [-0.1, -0.05) is 19.1 Å². The Morgan fingerprint density at radius 1 is 1.50 bits per heavy atom. The van der Waals surface area contributed by atoms with E-state index in [1.165, 1.54) is 15.8 Å². The van der Waals surface area contributed by atoms with Crippen LogP contribution in [0.25, 0.3) is 10.2 Å². The molecule has 2 heterocycles. The van der Waals surface area contributed by atoms with Crippen molar-refractivity contribution < 1.29 is 0 Å². The molecule has 0 aromatic carbocycles. The molecule has 0 aliphatic heterocycles. The largest absolute Gasteiger partial charge is 0.393 e. The van der Waals surface area contributed by atoms with Gasteiger partial charge in [0.25, 0.3) is 0 Å². The smallest absolute Gasteiger partial charge is 0.128 e. The standard InChI is InChI=1S/C12H15N3S3/c1-6(10(13)16)4-17-11-9-7(2)8(3)18-12(9)15-5-14-11/h5-6H,4H2,1-3H3,(H2,13,16). The Morgan fingerprint density at radius 3 is 2.89 bits per heavy atom. The fourth-order valence-corrected chi connectivity index (χ4v) is 3.90. The van der Waals surface area contributed by atoms with E-state index in [4.69, 9.17) is 18.0 Å². The van der Waals surface area contributed by atoms with Crippen LogP contribution >= 0.6 is 35.3 Å². The lowest BCUT2D eigenvalue weighted by molar-refractivity contribution is 0.904. The van der Waals surface area contributed by atoms with Gasteiger partial charge in [-0.2, -0.15) is 0 Å². The third-order valence-corrected chi connectivity index (χ3v) is 5.65. The van der Waals surface area contributed by atoms with Crippen LogP contribution in [0.4, 0.5) is 0 Å². The van der Waals surface area contributed by atoms with Crippen LogP contribution < -0.4 is 5.73 Å². The van der Waals surface area contributed by atoms with Crippen LogP contribution in [-0.2, 0) is 0 Å². The number of hydrogen-bond acceptors (Lipinski definition) is 5. The number of thiophene rings is 1. The molecule has 0 fully saturated rings. The molecule has 2 N–H and O–H groups in total. The Kier molecular flexibility index (Phi) is 4.19. The van der Waals surface area contributed by atoms with E-state index >= 15 is 0 Å². The third-order valence-electron chi connectivity index (χ3n) is 2.89. The SMILES string of the molecule is Cc1sc2ncnc(SCC(C)C(N)=S)c2c1C. The van der Waals surface area contributed by atoms with E-state index in [-0.39, 0.29) is 5.92 Å². The van der Waals surface area contributed by atoms with Gasteiger partial charge in [0.05, 0.1) is 4.99 Å². The third kappa shape index (κ3) is 2.65. The number of aryl methyl sites for hydroxylation is 2. The van der Waals surface area contributed by atoms with Crippen LogP contribution in [0.1, 0.15) is 17.4 Å². The van der Waals surface area contributed by atoms with Crippen LogP contribution in [0.3, 0.4) is 0 Å². The van der Waals surface area contributed by atoms with Crippen molar-refractivity contribution in [3.05, 3.63) is 16.8 Å². The second-order valence-corrected chi connectivity index (χ2v) is 6.94. The van der Waals surface area contributed by atoms with Crippen molar-refractivity contribution in [3.8, 4) is 0 Å². The van der Waals surface area contributed by atoms with Crippen molar-refractivity contribution in [1.82, 2.24) is 9.97 Å².